The van der Waals surface area contributed by atoms with Crippen LogP contribution >= 0.6 is 27.7 Å². The molecule has 1 spiro atoms. The molecule has 1 aromatic carbocycles. The third kappa shape index (κ3) is 4.02. The van der Waals surface area contributed by atoms with E-state index in [1.165, 1.54) is 4.90 Å². The molecule has 0 saturated carbocycles. The van der Waals surface area contributed by atoms with Crippen molar-refractivity contribution < 1.29 is 14.6 Å². The first-order valence-electron chi connectivity index (χ1n) is 7.45. The number of aliphatic hydroxyl groups is 1. The van der Waals surface area contributed by atoms with Gasteiger partial charge in [0.1, 0.15) is 0 Å². The normalized spacial score (nSPS) is 30.7. The summed E-state index contributed by atoms with van der Waals surface area (Å²) in [5, 5.41) is 10.5. The van der Waals surface area contributed by atoms with E-state index in [2.05, 4.69) is 28.1 Å². The van der Waals surface area contributed by atoms with Gasteiger partial charge in [-0.3, -0.25) is 0 Å². The molecule has 5 heteroatoms. The molecule has 0 aromatic heterocycles. The summed E-state index contributed by atoms with van der Waals surface area (Å²) in [4.78, 5) is 1.19. The molecule has 3 nitrogen and oxygen atoms in total. The highest BCUT2D eigenvalue weighted by Gasteiger charge is 2.42. The summed E-state index contributed by atoms with van der Waals surface area (Å²) in [6.07, 6.45) is 2.56. The number of benzene rings is 1. The van der Waals surface area contributed by atoms with Gasteiger partial charge in [0.25, 0.3) is 0 Å². The van der Waals surface area contributed by atoms with E-state index in [1.54, 1.807) is 11.8 Å². The molecule has 21 heavy (non-hydrogen) atoms. The van der Waals surface area contributed by atoms with Gasteiger partial charge in [-0.25, -0.2) is 0 Å². The quantitative estimate of drug-likeness (QED) is 0.821. The first-order valence-corrected chi connectivity index (χ1v) is 9.23. The minimum Gasteiger partial charge on any atom is -0.392 e. The van der Waals surface area contributed by atoms with Gasteiger partial charge in [0.05, 0.1) is 18.3 Å². The van der Waals surface area contributed by atoms with Crippen molar-refractivity contribution >= 4 is 27.7 Å². The average Bonchev–Trinajstić information content (AvgIpc) is 2.93. The summed E-state index contributed by atoms with van der Waals surface area (Å²) in [5.74, 6) is 1.05. The van der Waals surface area contributed by atoms with Crippen molar-refractivity contribution in [2.24, 2.45) is 5.92 Å². The van der Waals surface area contributed by atoms with Crippen LogP contribution < -0.4 is 0 Å². The Balaban J connectivity index is 1.54. The van der Waals surface area contributed by atoms with Crippen LogP contribution in [-0.4, -0.2) is 42.4 Å². The van der Waals surface area contributed by atoms with Gasteiger partial charge in [-0.05, 0) is 37.0 Å². The summed E-state index contributed by atoms with van der Waals surface area (Å²) >= 11 is 5.20. The first kappa shape index (κ1) is 15.8. The highest BCUT2D eigenvalue weighted by molar-refractivity contribution is 9.10. The summed E-state index contributed by atoms with van der Waals surface area (Å²) in [7, 11) is 0. The fraction of sp³-hybridized carbons (Fsp3) is 0.625. The lowest BCUT2D eigenvalue weighted by Crippen LogP contribution is -2.44. The van der Waals surface area contributed by atoms with Crippen molar-refractivity contribution in [3.05, 3.63) is 28.7 Å². The van der Waals surface area contributed by atoms with Gasteiger partial charge in [0.2, 0.25) is 0 Å². The van der Waals surface area contributed by atoms with E-state index in [4.69, 9.17) is 9.47 Å². The zero-order valence-corrected chi connectivity index (χ0v) is 14.4. The Bertz CT molecular complexity index is 476. The molecule has 0 aliphatic carbocycles. The van der Waals surface area contributed by atoms with Crippen LogP contribution in [-0.2, 0) is 9.47 Å². The van der Waals surface area contributed by atoms with E-state index in [9.17, 15) is 5.11 Å². The van der Waals surface area contributed by atoms with Crippen molar-refractivity contribution in [1.29, 1.82) is 0 Å². The molecule has 1 aromatic rings. The SMILES string of the molecule is OC(CSc1cccc(Br)c1)C1CCOC2(CCOC2)C1. The number of rotatable bonds is 4. The molecule has 0 amide bonds. The second-order valence-corrected chi connectivity index (χ2v) is 7.93. The standard InChI is InChI=1S/C16H21BrO3S/c17-13-2-1-3-14(8-13)21-10-15(18)12-4-6-20-16(9-12)5-7-19-11-16/h1-3,8,12,15,18H,4-7,9-11H2. The maximum Gasteiger partial charge on any atom is 0.0940 e. The molecule has 0 bridgehead atoms. The van der Waals surface area contributed by atoms with Crippen molar-refractivity contribution in [2.45, 2.75) is 35.9 Å². The van der Waals surface area contributed by atoms with Crippen LogP contribution in [0.3, 0.4) is 0 Å². The van der Waals surface area contributed by atoms with Crippen LogP contribution in [0.4, 0.5) is 0 Å². The zero-order chi connectivity index (χ0) is 14.7. The van der Waals surface area contributed by atoms with Gasteiger partial charge in [0, 0.05) is 34.8 Å². The summed E-state index contributed by atoms with van der Waals surface area (Å²) in [6, 6.07) is 8.22. The summed E-state index contributed by atoms with van der Waals surface area (Å²) in [5.41, 5.74) is -0.121. The van der Waals surface area contributed by atoms with Crippen molar-refractivity contribution in [3.63, 3.8) is 0 Å². The van der Waals surface area contributed by atoms with Gasteiger partial charge >= 0.3 is 0 Å². The largest absolute Gasteiger partial charge is 0.392 e. The molecule has 2 fully saturated rings. The number of aliphatic hydroxyl groups excluding tert-OH is 1. The van der Waals surface area contributed by atoms with E-state index in [0.717, 1.165) is 42.7 Å². The van der Waals surface area contributed by atoms with E-state index < -0.39 is 0 Å². The predicted molar refractivity (Wildman–Crippen MR) is 87.7 cm³/mol. The Kier molecular flexibility index (Phi) is 5.27. The van der Waals surface area contributed by atoms with Crippen molar-refractivity contribution in [2.75, 3.05) is 25.6 Å². The Labute approximate surface area is 138 Å². The molecule has 0 radical (unpaired) electrons. The number of halogens is 1. The minimum absolute atomic E-state index is 0.121. The van der Waals surface area contributed by atoms with Crippen LogP contribution in [0.5, 0.6) is 0 Å². The van der Waals surface area contributed by atoms with Gasteiger partial charge in [-0.15, -0.1) is 11.8 Å². The number of hydrogen-bond acceptors (Lipinski definition) is 4. The molecule has 3 rings (SSSR count). The van der Waals surface area contributed by atoms with Crippen molar-refractivity contribution in [1.82, 2.24) is 0 Å². The minimum atomic E-state index is -0.282. The van der Waals surface area contributed by atoms with Gasteiger partial charge in [0.15, 0.2) is 0 Å². The molecule has 2 aliphatic rings. The third-order valence-electron chi connectivity index (χ3n) is 4.36. The highest BCUT2D eigenvalue weighted by atomic mass is 79.9. The van der Waals surface area contributed by atoms with Gasteiger partial charge in [-0.2, -0.15) is 0 Å². The van der Waals surface area contributed by atoms with Crippen LogP contribution in [0, 0.1) is 5.92 Å². The Hall–Kier alpha value is -0.0700. The van der Waals surface area contributed by atoms with E-state index in [1.807, 2.05) is 12.1 Å². The topological polar surface area (TPSA) is 38.7 Å². The van der Waals surface area contributed by atoms with E-state index in [0.29, 0.717) is 12.5 Å². The molecular weight excluding hydrogens is 352 g/mol. The fourth-order valence-electron chi connectivity index (χ4n) is 3.13. The lowest BCUT2D eigenvalue weighted by atomic mass is 9.82. The first-order chi connectivity index (χ1) is 10.2. The molecule has 2 heterocycles. The Morgan fingerprint density at radius 2 is 2.33 bits per heavy atom. The summed E-state index contributed by atoms with van der Waals surface area (Å²) in [6.45, 7) is 2.22. The third-order valence-corrected chi connectivity index (χ3v) is 5.95. The molecular formula is C16H21BrO3S. The van der Waals surface area contributed by atoms with Crippen LogP contribution in [0.2, 0.25) is 0 Å². The lowest BCUT2D eigenvalue weighted by Gasteiger charge is -2.38. The monoisotopic (exact) mass is 372 g/mol. The molecule has 2 aliphatic heterocycles. The molecule has 116 valence electrons. The average molecular weight is 373 g/mol. The number of hydrogen-bond donors (Lipinski definition) is 1. The van der Waals surface area contributed by atoms with Crippen LogP contribution in [0.15, 0.2) is 33.6 Å². The van der Waals surface area contributed by atoms with Crippen LogP contribution in [0.25, 0.3) is 0 Å². The van der Waals surface area contributed by atoms with Gasteiger partial charge < -0.3 is 14.6 Å². The number of ether oxygens (including phenoxy) is 2. The Morgan fingerprint density at radius 1 is 1.43 bits per heavy atom. The molecule has 2 saturated heterocycles. The molecule has 3 unspecified atom stereocenters. The van der Waals surface area contributed by atoms with Gasteiger partial charge in [-0.1, -0.05) is 22.0 Å². The molecule has 1 N–H and O–H groups in total. The Morgan fingerprint density at radius 3 is 3.10 bits per heavy atom. The smallest absolute Gasteiger partial charge is 0.0940 e. The fourth-order valence-corrected chi connectivity index (χ4v) is 4.70. The van der Waals surface area contributed by atoms with E-state index >= 15 is 0 Å². The maximum atomic E-state index is 10.5. The summed E-state index contributed by atoms with van der Waals surface area (Å²) < 4.78 is 12.5. The van der Waals surface area contributed by atoms with E-state index in [-0.39, 0.29) is 11.7 Å². The van der Waals surface area contributed by atoms with Crippen LogP contribution in [0.1, 0.15) is 19.3 Å². The second kappa shape index (κ2) is 7.01. The lowest BCUT2D eigenvalue weighted by molar-refractivity contribution is -0.113. The predicted octanol–water partition coefficient (Wildman–Crippen LogP) is 3.49. The van der Waals surface area contributed by atoms with Crippen molar-refractivity contribution in [3.8, 4) is 0 Å². The molecule has 3 atom stereocenters. The zero-order valence-electron chi connectivity index (χ0n) is 12.0. The highest BCUT2D eigenvalue weighted by Crippen LogP contribution is 2.38. The number of thioether (sulfide) groups is 1. The second-order valence-electron chi connectivity index (χ2n) is 5.92. The maximum absolute atomic E-state index is 10.5.